The van der Waals surface area contributed by atoms with E-state index in [0.29, 0.717) is 21.8 Å². The van der Waals surface area contributed by atoms with Crippen molar-refractivity contribution < 1.29 is 4.79 Å². The number of rotatable bonds is 4. The van der Waals surface area contributed by atoms with Crippen LogP contribution in [0.15, 0.2) is 52.4 Å². The molecule has 0 saturated heterocycles. The third-order valence-corrected chi connectivity index (χ3v) is 5.35. The van der Waals surface area contributed by atoms with Gasteiger partial charge in [-0.1, -0.05) is 42.1 Å². The second-order valence-corrected chi connectivity index (χ2v) is 7.21. The van der Waals surface area contributed by atoms with Crippen LogP contribution in [0.5, 0.6) is 0 Å². The average molecular weight is 379 g/mol. The number of para-hydroxylation sites is 2. The largest absolute Gasteiger partial charge is 0.369 e. The van der Waals surface area contributed by atoms with Crippen molar-refractivity contribution in [2.24, 2.45) is 5.73 Å². The summed E-state index contributed by atoms with van der Waals surface area (Å²) in [6.07, 6.45) is 0. The highest BCUT2D eigenvalue weighted by atomic mass is 32.2. The van der Waals surface area contributed by atoms with E-state index < -0.39 is 5.91 Å². The number of primary amides is 1. The Morgan fingerprint density at radius 3 is 2.48 bits per heavy atom. The molecule has 2 heterocycles. The first-order valence-electron chi connectivity index (χ1n) is 8.35. The predicted molar refractivity (Wildman–Crippen MR) is 105 cm³/mol. The Morgan fingerprint density at radius 2 is 1.78 bits per heavy atom. The zero-order valence-corrected chi connectivity index (χ0v) is 15.7. The fourth-order valence-corrected chi connectivity index (χ4v) is 3.95. The van der Waals surface area contributed by atoms with Crippen molar-refractivity contribution in [2.45, 2.75) is 19.0 Å². The van der Waals surface area contributed by atoms with E-state index in [1.807, 2.05) is 50.2 Å². The molecular weight excluding hydrogens is 362 g/mol. The molecule has 2 N–H and O–H groups in total. The molecule has 0 saturated carbocycles. The summed E-state index contributed by atoms with van der Waals surface area (Å²) in [5, 5.41) is 9.54. The Morgan fingerprint density at radius 1 is 1.07 bits per heavy atom. The van der Waals surface area contributed by atoms with E-state index in [2.05, 4.69) is 10.2 Å². The normalized spacial score (nSPS) is 11.3. The standard InChI is InChI=1S/C19H17N5O2S/c1-11-6-5-7-12(2)16(11)24-17(26)13-8-3-4-9-14(13)23-18(24)21-22-19(23)27-10-15(20)25/h3-9H,10H2,1-2H3,(H2,20,25). The lowest BCUT2D eigenvalue weighted by atomic mass is 10.1. The predicted octanol–water partition coefficient (Wildman–Crippen LogP) is 2.23. The minimum absolute atomic E-state index is 0.0810. The molecule has 1 amide bonds. The first kappa shape index (κ1) is 17.3. The summed E-state index contributed by atoms with van der Waals surface area (Å²) >= 11 is 1.20. The first-order chi connectivity index (χ1) is 13.0. The minimum Gasteiger partial charge on any atom is -0.369 e. The lowest BCUT2D eigenvalue weighted by Crippen LogP contribution is -2.23. The van der Waals surface area contributed by atoms with Crippen molar-refractivity contribution in [1.29, 1.82) is 0 Å². The van der Waals surface area contributed by atoms with Crippen LogP contribution < -0.4 is 11.3 Å². The van der Waals surface area contributed by atoms with Gasteiger partial charge in [0.15, 0.2) is 5.16 Å². The van der Waals surface area contributed by atoms with Gasteiger partial charge in [0.25, 0.3) is 5.56 Å². The van der Waals surface area contributed by atoms with E-state index in [1.165, 1.54) is 11.8 Å². The maximum absolute atomic E-state index is 13.3. The second kappa shape index (κ2) is 6.55. The average Bonchev–Trinajstić information content (AvgIpc) is 3.06. The zero-order chi connectivity index (χ0) is 19.1. The highest BCUT2D eigenvalue weighted by molar-refractivity contribution is 7.99. The van der Waals surface area contributed by atoms with Crippen molar-refractivity contribution >= 4 is 34.3 Å². The lowest BCUT2D eigenvalue weighted by molar-refractivity contribution is -0.115. The summed E-state index contributed by atoms with van der Waals surface area (Å²) in [6, 6.07) is 13.2. The van der Waals surface area contributed by atoms with Crippen LogP contribution in [-0.4, -0.2) is 30.8 Å². The molecule has 0 unspecified atom stereocenters. The fourth-order valence-electron chi connectivity index (χ4n) is 3.27. The minimum atomic E-state index is -0.441. The van der Waals surface area contributed by atoms with E-state index in [4.69, 9.17) is 5.73 Å². The van der Waals surface area contributed by atoms with Gasteiger partial charge in [-0.15, -0.1) is 10.2 Å². The van der Waals surface area contributed by atoms with Gasteiger partial charge in [-0.25, -0.2) is 4.57 Å². The fraction of sp³-hybridized carbons (Fsp3) is 0.158. The molecule has 0 aliphatic heterocycles. The Labute approximate surface area is 158 Å². The molecule has 136 valence electrons. The molecule has 2 aromatic heterocycles. The number of amides is 1. The SMILES string of the molecule is Cc1cccc(C)c1-n1c(=O)c2ccccc2n2c(SCC(N)=O)nnc12. The van der Waals surface area contributed by atoms with Crippen LogP contribution in [0.1, 0.15) is 11.1 Å². The number of aromatic nitrogens is 4. The quantitative estimate of drug-likeness (QED) is 0.549. The van der Waals surface area contributed by atoms with E-state index in [0.717, 1.165) is 16.8 Å². The maximum atomic E-state index is 13.3. The molecule has 0 aliphatic rings. The molecule has 0 bridgehead atoms. The van der Waals surface area contributed by atoms with Crippen LogP contribution in [0, 0.1) is 13.8 Å². The second-order valence-electron chi connectivity index (χ2n) is 6.27. The van der Waals surface area contributed by atoms with E-state index in [9.17, 15) is 9.59 Å². The number of nitrogens with zero attached hydrogens (tertiary/aromatic N) is 4. The molecule has 0 fully saturated rings. The van der Waals surface area contributed by atoms with Crippen molar-refractivity contribution in [3.8, 4) is 5.69 Å². The van der Waals surface area contributed by atoms with Gasteiger partial charge in [0, 0.05) is 0 Å². The van der Waals surface area contributed by atoms with Crippen molar-refractivity contribution in [3.63, 3.8) is 0 Å². The van der Waals surface area contributed by atoms with Crippen molar-refractivity contribution in [3.05, 3.63) is 63.9 Å². The summed E-state index contributed by atoms with van der Waals surface area (Å²) in [5.74, 6) is 0.0460. The molecule has 0 aliphatic carbocycles. The molecule has 0 radical (unpaired) electrons. The monoisotopic (exact) mass is 379 g/mol. The summed E-state index contributed by atoms with van der Waals surface area (Å²) in [6.45, 7) is 3.92. The Bertz CT molecular complexity index is 1240. The number of carbonyl (C=O) groups excluding carboxylic acids is 1. The zero-order valence-electron chi connectivity index (χ0n) is 14.8. The third kappa shape index (κ3) is 2.78. The van der Waals surface area contributed by atoms with Gasteiger partial charge in [0.2, 0.25) is 11.7 Å². The molecule has 27 heavy (non-hydrogen) atoms. The molecular formula is C19H17N5O2S. The number of aryl methyl sites for hydroxylation is 2. The highest BCUT2D eigenvalue weighted by Gasteiger charge is 2.19. The number of fused-ring (bicyclic) bond motifs is 3. The third-order valence-electron chi connectivity index (χ3n) is 4.40. The van der Waals surface area contributed by atoms with Gasteiger partial charge in [-0.05, 0) is 37.1 Å². The summed E-state index contributed by atoms with van der Waals surface area (Å²) in [5.41, 5.74) is 8.52. The van der Waals surface area contributed by atoms with E-state index in [1.54, 1.807) is 15.0 Å². The number of benzene rings is 2. The maximum Gasteiger partial charge on any atom is 0.267 e. The summed E-state index contributed by atoms with van der Waals surface area (Å²) in [4.78, 5) is 24.5. The molecule has 0 spiro atoms. The van der Waals surface area contributed by atoms with Crippen LogP contribution in [0.25, 0.3) is 22.4 Å². The van der Waals surface area contributed by atoms with Crippen molar-refractivity contribution in [2.75, 3.05) is 5.75 Å². The topological polar surface area (TPSA) is 95.3 Å². The number of thioether (sulfide) groups is 1. The first-order valence-corrected chi connectivity index (χ1v) is 9.34. The van der Waals surface area contributed by atoms with Crippen LogP contribution in [0.3, 0.4) is 0 Å². The molecule has 2 aromatic carbocycles. The molecule has 0 atom stereocenters. The van der Waals surface area contributed by atoms with Crippen LogP contribution >= 0.6 is 11.8 Å². The number of hydrogen-bond acceptors (Lipinski definition) is 5. The van der Waals surface area contributed by atoms with E-state index in [-0.39, 0.29) is 11.3 Å². The van der Waals surface area contributed by atoms with Crippen molar-refractivity contribution in [1.82, 2.24) is 19.2 Å². The molecule has 8 heteroatoms. The number of nitrogens with two attached hydrogens (primary N) is 1. The van der Waals surface area contributed by atoms with Gasteiger partial charge >= 0.3 is 0 Å². The van der Waals surface area contributed by atoms with Gasteiger partial charge < -0.3 is 5.73 Å². The van der Waals surface area contributed by atoms with Crippen LogP contribution in [0.2, 0.25) is 0 Å². The number of carbonyl (C=O) groups is 1. The number of hydrogen-bond donors (Lipinski definition) is 1. The highest BCUT2D eigenvalue weighted by Crippen LogP contribution is 2.25. The Hall–Kier alpha value is -3.13. The van der Waals surface area contributed by atoms with Crippen LogP contribution in [0.4, 0.5) is 0 Å². The van der Waals surface area contributed by atoms with Gasteiger partial charge in [-0.3, -0.25) is 14.0 Å². The molecule has 4 rings (SSSR count). The summed E-state index contributed by atoms with van der Waals surface area (Å²) < 4.78 is 3.39. The smallest absolute Gasteiger partial charge is 0.267 e. The van der Waals surface area contributed by atoms with Gasteiger partial charge in [0.1, 0.15) is 0 Å². The van der Waals surface area contributed by atoms with Gasteiger partial charge in [0.05, 0.1) is 22.3 Å². The Kier molecular flexibility index (Phi) is 4.19. The summed E-state index contributed by atoms with van der Waals surface area (Å²) in [7, 11) is 0. The van der Waals surface area contributed by atoms with Gasteiger partial charge in [-0.2, -0.15) is 0 Å². The molecule has 4 aromatic rings. The lowest BCUT2D eigenvalue weighted by Gasteiger charge is -2.15. The Balaban J connectivity index is 2.15. The van der Waals surface area contributed by atoms with E-state index >= 15 is 0 Å². The molecule has 7 nitrogen and oxygen atoms in total. The van der Waals surface area contributed by atoms with Crippen LogP contribution in [-0.2, 0) is 4.79 Å².